The second-order valence-electron chi connectivity index (χ2n) is 5.47. The number of ether oxygens (including phenoxy) is 1. The van der Waals surface area contributed by atoms with Crippen molar-refractivity contribution in [2.45, 2.75) is 25.2 Å². The molecule has 0 unspecified atom stereocenters. The minimum absolute atomic E-state index is 0.00751. The van der Waals surface area contributed by atoms with Crippen LogP contribution in [0.25, 0.3) is 0 Å². The van der Waals surface area contributed by atoms with Crippen molar-refractivity contribution in [2.24, 2.45) is 0 Å². The molecule has 3 rings (SSSR count). The predicted octanol–water partition coefficient (Wildman–Crippen LogP) is 3.75. The van der Waals surface area contributed by atoms with Crippen LogP contribution in [-0.4, -0.2) is 13.0 Å². The van der Waals surface area contributed by atoms with Crippen LogP contribution in [0.3, 0.4) is 0 Å². The summed E-state index contributed by atoms with van der Waals surface area (Å²) in [6, 6.07) is 15.7. The van der Waals surface area contributed by atoms with Crippen LogP contribution in [-0.2, 0) is 11.2 Å². The minimum atomic E-state index is 0.00751. The molecule has 0 saturated heterocycles. The van der Waals surface area contributed by atoms with Crippen molar-refractivity contribution < 1.29 is 9.53 Å². The van der Waals surface area contributed by atoms with E-state index < -0.39 is 0 Å². The zero-order valence-electron chi connectivity index (χ0n) is 12.1. The van der Waals surface area contributed by atoms with E-state index >= 15 is 0 Å². The highest BCUT2D eigenvalue weighted by molar-refractivity contribution is 5.92. The van der Waals surface area contributed by atoms with Crippen molar-refractivity contribution in [1.82, 2.24) is 0 Å². The molecule has 0 heterocycles. The lowest BCUT2D eigenvalue weighted by molar-refractivity contribution is -0.115. The van der Waals surface area contributed by atoms with Gasteiger partial charge < -0.3 is 10.1 Å². The molecule has 21 heavy (non-hydrogen) atoms. The van der Waals surface area contributed by atoms with Crippen molar-refractivity contribution in [1.29, 1.82) is 0 Å². The lowest BCUT2D eigenvalue weighted by Crippen LogP contribution is -2.14. The molecule has 1 N–H and O–H groups in total. The van der Waals surface area contributed by atoms with Crippen LogP contribution in [0.15, 0.2) is 48.5 Å². The van der Waals surface area contributed by atoms with E-state index in [1.165, 1.54) is 18.4 Å². The van der Waals surface area contributed by atoms with E-state index in [4.69, 9.17) is 4.74 Å². The van der Waals surface area contributed by atoms with Gasteiger partial charge in [-0.2, -0.15) is 0 Å². The Hall–Kier alpha value is -2.29. The molecule has 3 nitrogen and oxygen atoms in total. The normalized spacial score (nSPS) is 13.8. The predicted molar refractivity (Wildman–Crippen MR) is 83.7 cm³/mol. The summed E-state index contributed by atoms with van der Waals surface area (Å²) >= 11 is 0. The fourth-order valence-electron chi connectivity index (χ4n) is 2.44. The van der Waals surface area contributed by atoms with Crippen molar-refractivity contribution in [3.63, 3.8) is 0 Å². The zero-order chi connectivity index (χ0) is 14.7. The Morgan fingerprint density at radius 3 is 2.62 bits per heavy atom. The Morgan fingerprint density at radius 2 is 1.95 bits per heavy atom. The number of hydrogen-bond acceptors (Lipinski definition) is 2. The van der Waals surface area contributed by atoms with Gasteiger partial charge in [-0.25, -0.2) is 0 Å². The lowest BCUT2D eigenvalue weighted by Gasteiger charge is -2.07. The largest absolute Gasteiger partial charge is 0.497 e. The number of nitrogens with one attached hydrogen (secondary N) is 1. The maximum atomic E-state index is 12.1. The third kappa shape index (κ3) is 3.63. The summed E-state index contributed by atoms with van der Waals surface area (Å²) in [5, 5.41) is 2.91. The quantitative estimate of drug-likeness (QED) is 0.906. The van der Waals surface area contributed by atoms with E-state index in [-0.39, 0.29) is 5.91 Å². The van der Waals surface area contributed by atoms with Gasteiger partial charge in [0.05, 0.1) is 13.5 Å². The number of methoxy groups -OCH3 is 1. The number of amides is 1. The Kier molecular flexibility index (Phi) is 3.91. The Balaban J connectivity index is 1.61. The van der Waals surface area contributed by atoms with Gasteiger partial charge in [0.25, 0.3) is 0 Å². The third-order valence-corrected chi connectivity index (χ3v) is 3.74. The summed E-state index contributed by atoms with van der Waals surface area (Å²) in [7, 11) is 1.63. The molecule has 0 bridgehead atoms. The maximum absolute atomic E-state index is 12.1. The highest BCUT2D eigenvalue weighted by atomic mass is 16.5. The minimum Gasteiger partial charge on any atom is -0.497 e. The molecule has 1 aliphatic rings. The average Bonchev–Trinajstić information content (AvgIpc) is 3.33. The fraction of sp³-hybridized carbons (Fsp3) is 0.278. The molecule has 2 aromatic rings. The molecule has 1 amide bonds. The average molecular weight is 281 g/mol. The van der Waals surface area contributed by atoms with Crippen LogP contribution in [0.1, 0.15) is 29.9 Å². The molecular weight excluding hydrogens is 262 g/mol. The summed E-state index contributed by atoms with van der Waals surface area (Å²) in [5.41, 5.74) is 3.23. The third-order valence-electron chi connectivity index (χ3n) is 3.74. The van der Waals surface area contributed by atoms with E-state index in [1.807, 2.05) is 36.4 Å². The van der Waals surface area contributed by atoms with E-state index in [2.05, 4.69) is 17.4 Å². The Morgan fingerprint density at radius 1 is 1.19 bits per heavy atom. The number of carbonyl (C=O) groups excluding carboxylic acids is 1. The molecule has 1 saturated carbocycles. The van der Waals surface area contributed by atoms with Crippen molar-refractivity contribution in [3.05, 3.63) is 59.7 Å². The number of rotatable bonds is 5. The second-order valence-corrected chi connectivity index (χ2v) is 5.47. The van der Waals surface area contributed by atoms with Crippen LogP contribution < -0.4 is 10.1 Å². The summed E-state index contributed by atoms with van der Waals surface area (Å²) in [6.45, 7) is 0. The molecule has 108 valence electrons. The first kappa shape index (κ1) is 13.7. The highest BCUT2D eigenvalue weighted by Gasteiger charge is 2.23. The van der Waals surface area contributed by atoms with Crippen molar-refractivity contribution in [3.8, 4) is 5.75 Å². The smallest absolute Gasteiger partial charge is 0.228 e. The number of carbonyl (C=O) groups is 1. The van der Waals surface area contributed by atoms with Crippen LogP contribution in [0.2, 0.25) is 0 Å². The summed E-state index contributed by atoms with van der Waals surface area (Å²) < 4.78 is 5.10. The molecule has 0 atom stereocenters. The van der Waals surface area contributed by atoms with Gasteiger partial charge in [-0.15, -0.1) is 0 Å². The zero-order valence-corrected chi connectivity index (χ0v) is 12.1. The van der Waals surface area contributed by atoms with Gasteiger partial charge in [0.2, 0.25) is 5.91 Å². The highest BCUT2D eigenvalue weighted by Crippen LogP contribution is 2.40. The van der Waals surface area contributed by atoms with Crippen molar-refractivity contribution in [2.75, 3.05) is 12.4 Å². The Bertz CT molecular complexity index is 630. The molecule has 2 aromatic carbocycles. The van der Waals surface area contributed by atoms with E-state index in [1.54, 1.807) is 7.11 Å². The molecule has 1 aliphatic carbocycles. The van der Waals surface area contributed by atoms with Crippen LogP contribution in [0.5, 0.6) is 5.75 Å². The summed E-state index contributed by atoms with van der Waals surface area (Å²) in [5.74, 6) is 1.51. The van der Waals surface area contributed by atoms with Gasteiger partial charge in [-0.1, -0.05) is 24.3 Å². The number of hydrogen-bond donors (Lipinski definition) is 1. The Labute approximate surface area is 124 Å². The van der Waals surface area contributed by atoms with Gasteiger partial charge in [0.1, 0.15) is 5.75 Å². The number of benzene rings is 2. The first-order chi connectivity index (χ1) is 10.2. The molecular formula is C18H19NO2. The fourth-order valence-corrected chi connectivity index (χ4v) is 2.44. The standard InChI is InChI=1S/C18H19NO2/c1-21-17-9-7-16(8-10-17)19-18(20)12-13-3-2-4-15(11-13)14-5-6-14/h2-4,7-11,14H,5-6,12H2,1H3,(H,19,20). The number of anilines is 1. The van der Waals surface area contributed by atoms with Crippen molar-refractivity contribution >= 4 is 11.6 Å². The van der Waals surface area contributed by atoms with Gasteiger partial charge in [0.15, 0.2) is 0 Å². The molecule has 0 spiro atoms. The second kappa shape index (κ2) is 6.00. The van der Waals surface area contributed by atoms with Gasteiger partial charge in [0, 0.05) is 5.69 Å². The van der Waals surface area contributed by atoms with Crippen LogP contribution in [0.4, 0.5) is 5.69 Å². The van der Waals surface area contributed by atoms with E-state index in [0.29, 0.717) is 6.42 Å². The first-order valence-electron chi connectivity index (χ1n) is 7.27. The summed E-state index contributed by atoms with van der Waals surface area (Å²) in [6.07, 6.45) is 2.97. The van der Waals surface area contributed by atoms with Gasteiger partial charge in [-0.3, -0.25) is 4.79 Å². The monoisotopic (exact) mass is 281 g/mol. The van der Waals surface area contributed by atoms with Crippen LogP contribution >= 0.6 is 0 Å². The van der Waals surface area contributed by atoms with Gasteiger partial charge in [-0.05, 0) is 54.2 Å². The van der Waals surface area contributed by atoms with E-state index in [0.717, 1.165) is 22.9 Å². The molecule has 3 heteroatoms. The molecule has 0 aromatic heterocycles. The van der Waals surface area contributed by atoms with Crippen LogP contribution in [0, 0.1) is 0 Å². The molecule has 1 fully saturated rings. The SMILES string of the molecule is COc1ccc(NC(=O)Cc2cccc(C3CC3)c2)cc1. The molecule has 0 aliphatic heterocycles. The van der Waals surface area contributed by atoms with E-state index in [9.17, 15) is 4.79 Å². The lowest BCUT2D eigenvalue weighted by atomic mass is 10.0. The first-order valence-corrected chi connectivity index (χ1v) is 7.27. The topological polar surface area (TPSA) is 38.3 Å². The summed E-state index contributed by atoms with van der Waals surface area (Å²) in [4.78, 5) is 12.1. The molecule has 0 radical (unpaired) electrons. The maximum Gasteiger partial charge on any atom is 0.228 e. The van der Waals surface area contributed by atoms with Gasteiger partial charge >= 0.3 is 0 Å².